The van der Waals surface area contributed by atoms with Crippen LogP contribution in [0.15, 0.2) is 76.4 Å². The van der Waals surface area contributed by atoms with E-state index in [1.807, 2.05) is 30.3 Å². The summed E-state index contributed by atoms with van der Waals surface area (Å²) in [4.78, 5) is 20.7. The van der Waals surface area contributed by atoms with Crippen molar-refractivity contribution >= 4 is 17.7 Å². The van der Waals surface area contributed by atoms with E-state index in [0.717, 1.165) is 17.7 Å². The van der Waals surface area contributed by atoms with Crippen LogP contribution in [-0.2, 0) is 11.3 Å². The maximum Gasteiger partial charge on any atom is 0.259 e. The number of thioether (sulfide) groups is 1. The third-order valence-electron chi connectivity index (χ3n) is 4.28. The molecule has 0 unspecified atom stereocenters. The molecular formula is C22H16F2N4O2S. The van der Waals surface area contributed by atoms with Crippen LogP contribution in [0, 0.1) is 11.6 Å². The van der Waals surface area contributed by atoms with Crippen molar-refractivity contribution in [3.05, 3.63) is 84.1 Å². The van der Waals surface area contributed by atoms with E-state index in [2.05, 4.69) is 20.4 Å². The molecule has 4 aromatic rings. The Labute approximate surface area is 180 Å². The van der Waals surface area contributed by atoms with Gasteiger partial charge >= 0.3 is 0 Å². The highest BCUT2D eigenvalue weighted by molar-refractivity contribution is 7.99. The predicted molar refractivity (Wildman–Crippen MR) is 112 cm³/mol. The molecule has 4 rings (SSSR count). The van der Waals surface area contributed by atoms with Gasteiger partial charge in [-0.25, -0.2) is 13.8 Å². The number of amides is 1. The van der Waals surface area contributed by atoms with Crippen LogP contribution >= 0.6 is 11.8 Å². The summed E-state index contributed by atoms with van der Waals surface area (Å²) in [6.07, 6.45) is 1.59. The van der Waals surface area contributed by atoms with Crippen LogP contribution in [0.1, 0.15) is 5.56 Å². The average Bonchev–Trinajstić information content (AvgIpc) is 3.28. The van der Waals surface area contributed by atoms with Crippen LogP contribution in [-0.4, -0.2) is 26.8 Å². The van der Waals surface area contributed by atoms with Gasteiger partial charge in [0, 0.05) is 29.9 Å². The van der Waals surface area contributed by atoms with Crippen molar-refractivity contribution in [1.82, 2.24) is 20.4 Å². The molecule has 6 nitrogen and oxygen atoms in total. The van der Waals surface area contributed by atoms with Gasteiger partial charge in [0.2, 0.25) is 11.7 Å². The van der Waals surface area contributed by atoms with Crippen molar-refractivity contribution in [3.63, 3.8) is 0 Å². The minimum atomic E-state index is -0.693. The molecule has 2 aromatic carbocycles. The lowest BCUT2D eigenvalue weighted by molar-refractivity contribution is -0.118. The molecule has 0 bridgehead atoms. The molecule has 0 radical (unpaired) electrons. The Balaban J connectivity index is 1.30. The second-order valence-electron chi connectivity index (χ2n) is 6.48. The minimum absolute atomic E-state index is 0.0151. The van der Waals surface area contributed by atoms with Crippen LogP contribution in [0.5, 0.6) is 0 Å². The number of nitrogens with zero attached hydrogens (tertiary/aromatic N) is 3. The average molecular weight is 438 g/mol. The van der Waals surface area contributed by atoms with E-state index in [1.54, 1.807) is 18.3 Å². The Bertz CT molecular complexity index is 1180. The van der Waals surface area contributed by atoms with Gasteiger partial charge in [0.25, 0.3) is 5.89 Å². The Morgan fingerprint density at radius 2 is 1.87 bits per heavy atom. The normalized spacial score (nSPS) is 10.8. The first-order valence-electron chi connectivity index (χ1n) is 9.27. The number of nitrogens with one attached hydrogen (secondary N) is 1. The van der Waals surface area contributed by atoms with Gasteiger partial charge in [-0.05, 0) is 18.2 Å². The first-order valence-corrected chi connectivity index (χ1v) is 10.3. The summed E-state index contributed by atoms with van der Waals surface area (Å²) in [6.45, 7) is -0.0151. The van der Waals surface area contributed by atoms with Crippen molar-refractivity contribution in [2.24, 2.45) is 0 Å². The number of hydrogen-bond donors (Lipinski definition) is 1. The van der Waals surface area contributed by atoms with Crippen LogP contribution in [0.4, 0.5) is 8.78 Å². The second-order valence-corrected chi connectivity index (χ2v) is 7.47. The third-order valence-corrected chi connectivity index (χ3v) is 5.23. The summed E-state index contributed by atoms with van der Waals surface area (Å²) in [5.74, 6) is -0.696. The standard InChI is InChI=1S/C22H16F2N4O2S/c23-17-8-6-15(18(24)10-17)11-25-19(29)13-31-20-9-7-16(12-26-20)22-27-21(28-30-22)14-4-2-1-3-5-14/h1-10,12H,11,13H2,(H,25,29). The first kappa shape index (κ1) is 20.7. The lowest BCUT2D eigenvalue weighted by Gasteiger charge is -2.06. The number of carbonyl (C=O) groups excluding carboxylic acids is 1. The van der Waals surface area contributed by atoms with E-state index in [0.29, 0.717) is 22.3 Å². The van der Waals surface area contributed by atoms with Crippen molar-refractivity contribution in [1.29, 1.82) is 0 Å². The fraction of sp³-hybridized carbons (Fsp3) is 0.0909. The van der Waals surface area contributed by atoms with Gasteiger partial charge in [-0.2, -0.15) is 4.98 Å². The van der Waals surface area contributed by atoms with E-state index in [4.69, 9.17) is 4.52 Å². The highest BCUT2D eigenvalue weighted by atomic mass is 32.2. The quantitative estimate of drug-likeness (QED) is 0.429. The molecule has 0 saturated heterocycles. The molecule has 31 heavy (non-hydrogen) atoms. The molecule has 9 heteroatoms. The monoisotopic (exact) mass is 438 g/mol. The fourth-order valence-corrected chi connectivity index (χ4v) is 3.36. The summed E-state index contributed by atoms with van der Waals surface area (Å²) in [5.41, 5.74) is 1.73. The molecule has 0 fully saturated rings. The molecule has 0 spiro atoms. The van der Waals surface area contributed by atoms with Gasteiger partial charge in [-0.3, -0.25) is 4.79 Å². The molecule has 0 aliphatic carbocycles. The maximum absolute atomic E-state index is 13.6. The molecule has 1 N–H and O–H groups in total. The highest BCUT2D eigenvalue weighted by Gasteiger charge is 2.12. The van der Waals surface area contributed by atoms with E-state index in [1.165, 1.54) is 17.8 Å². The van der Waals surface area contributed by atoms with Crippen LogP contribution in [0.2, 0.25) is 0 Å². The lowest BCUT2D eigenvalue weighted by atomic mass is 10.2. The molecule has 2 aromatic heterocycles. The van der Waals surface area contributed by atoms with Gasteiger partial charge in [0.1, 0.15) is 11.6 Å². The van der Waals surface area contributed by atoms with Crippen molar-refractivity contribution < 1.29 is 18.1 Å². The van der Waals surface area contributed by atoms with Crippen LogP contribution in [0.25, 0.3) is 22.8 Å². The zero-order valence-corrected chi connectivity index (χ0v) is 16.9. The highest BCUT2D eigenvalue weighted by Crippen LogP contribution is 2.23. The number of aromatic nitrogens is 3. The van der Waals surface area contributed by atoms with Crippen LogP contribution < -0.4 is 5.32 Å². The van der Waals surface area contributed by atoms with Gasteiger partial charge in [-0.1, -0.05) is 53.3 Å². The molecule has 0 aliphatic heterocycles. The van der Waals surface area contributed by atoms with Gasteiger partial charge in [-0.15, -0.1) is 0 Å². The fourth-order valence-electron chi connectivity index (χ4n) is 2.69. The summed E-state index contributed by atoms with van der Waals surface area (Å²) in [7, 11) is 0. The number of benzene rings is 2. The Kier molecular flexibility index (Phi) is 6.32. The maximum atomic E-state index is 13.6. The first-order chi connectivity index (χ1) is 15.1. The van der Waals surface area contributed by atoms with Crippen LogP contribution in [0.3, 0.4) is 0 Å². The number of hydrogen-bond acceptors (Lipinski definition) is 6. The van der Waals surface area contributed by atoms with Crippen molar-refractivity contribution in [2.75, 3.05) is 5.75 Å². The van der Waals surface area contributed by atoms with Gasteiger partial charge in [0.15, 0.2) is 0 Å². The molecule has 0 atom stereocenters. The lowest BCUT2D eigenvalue weighted by Crippen LogP contribution is -2.25. The van der Waals surface area contributed by atoms with Crippen molar-refractivity contribution in [3.8, 4) is 22.8 Å². The molecule has 2 heterocycles. The smallest absolute Gasteiger partial charge is 0.259 e. The number of carbonyl (C=O) groups is 1. The van der Waals surface area contributed by atoms with Gasteiger partial charge in [0.05, 0.1) is 16.3 Å². The van der Waals surface area contributed by atoms with E-state index < -0.39 is 11.6 Å². The molecule has 1 amide bonds. The second kappa shape index (κ2) is 9.48. The Morgan fingerprint density at radius 1 is 1.03 bits per heavy atom. The Hall–Kier alpha value is -3.59. The largest absolute Gasteiger partial charge is 0.351 e. The molecular weight excluding hydrogens is 422 g/mol. The summed E-state index contributed by atoms with van der Waals surface area (Å²) in [6, 6.07) is 16.2. The zero-order chi connectivity index (χ0) is 21.6. The summed E-state index contributed by atoms with van der Waals surface area (Å²) in [5, 5.41) is 7.22. The molecule has 0 aliphatic rings. The predicted octanol–water partition coefficient (Wildman–Crippen LogP) is 4.49. The van der Waals surface area contributed by atoms with E-state index in [9.17, 15) is 13.6 Å². The van der Waals surface area contributed by atoms with E-state index >= 15 is 0 Å². The summed E-state index contributed by atoms with van der Waals surface area (Å²) < 4.78 is 31.8. The third kappa shape index (κ3) is 5.32. The minimum Gasteiger partial charge on any atom is -0.351 e. The SMILES string of the molecule is O=C(CSc1ccc(-c2nc(-c3ccccc3)no2)cn1)NCc1ccc(F)cc1F. The molecule has 0 saturated carbocycles. The Morgan fingerprint density at radius 3 is 2.61 bits per heavy atom. The molecule has 156 valence electrons. The van der Waals surface area contributed by atoms with Crippen molar-refractivity contribution in [2.45, 2.75) is 11.6 Å². The number of rotatable bonds is 7. The van der Waals surface area contributed by atoms with Gasteiger partial charge < -0.3 is 9.84 Å². The zero-order valence-electron chi connectivity index (χ0n) is 16.1. The topological polar surface area (TPSA) is 80.9 Å². The number of pyridine rings is 1. The number of halogens is 2. The van der Waals surface area contributed by atoms with E-state index in [-0.39, 0.29) is 23.8 Å². The summed E-state index contributed by atoms with van der Waals surface area (Å²) >= 11 is 1.23.